The summed E-state index contributed by atoms with van der Waals surface area (Å²) in [6.07, 6.45) is -4.36. The Bertz CT molecular complexity index is 225. The van der Waals surface area contributed by atoms with E-state index in [4.69, 9.17) is 0 Å². The smallest absolute Gasteiger partial charge is 0.397 e. The Labute approximate surface area is 55.1 Å². The summed E-state index contributed by atoms with van der Waals surface area (Å²) < 4.78 is 35.1. The molecule has 0 spiro atoms. The summed E-state index contributed by atoms with van der Waals surface area (Å²) in [5, 5.41) is 6.13. The summed E-state index contributed by atoms with van der Waals surface area (Å²) in [7, 11) is 0. The van der Waals surface area contributed by atoms with Crippen LogP contribution in [0.25, 0.3) is 0 Å². The van der Waals surface area contributed by atoms with Gasteiger partial charge in [0.1, 0.15) is 0 Å². The van der Waals surface area contributed by atoms with E-state index in [9.17, 15) is 13.2 Å². The van der Waals surface area contributed by atoms with Gasteiger partial charge >= 0.3 is 6.18 Å². The van der Waals surface area contributed by atoms with Gasteiger partial charge in [0.25, 0.3) is 0 Å². The summed E-state index contributed by atoms with van der Waals surface area (Å²) >= 11 is 0. The molecule has 0 unspecified atom stereocenters. The van der Waals surface area contributed by atoms with E-state index in [1.54, 1.807) is 0 Å². The first kappa shape index (κ1) is 7.11. The van der Waals surface area contributed by atoms with Crippen molar-refractivity contribution in [2.45, 2.75) is 13.1 Å². The number of hydrogen-bond donors (Lipinski definition) is 0. The lowest BCUT2D eigenvalue weighted by Gasteiger charge is -2.08. The molecule has 1 rings (SSSR count). The number of hydrogen-bond acceptors (Lipinski definition) is 1. The summed E-state index contributed by atoms with van der Waals surface area (Å²) in [6.45, 7) is 1.46. The van der Waals surface area contributed by atoms with Gasteiger partial charge in [-0.3, -0.25) is 0 Å². The molecule has 1 aromatic heterocycles. The minimum atomic E-state index is -4.36. The Morgan fingerprint density at radius 3 is 2.30 bits per heavy atom. The fourth-order valence-corrected chi connectivity index (χ4v) is 0.527. The van der Waals surface area contributed by atoms with Crippen molar-refractivity contribution < 1.29 is 13.2 Å². The average Bonchev–Trinajstić information content (AvgIpc) is 2.11. The molecule has 0 aromatic carbocycles. The lowest BCUT2D eigenvalue weighted by atomic mass is 10.4. The third-order valence-corrected chi connectivity index (χ3v) is 0.952. The summed E-state index contributed by atoms with van der Waals surface area (Å²) in [5.41, 5.74) is -0.641. The summed E-state index contributed by atoms with van der Waals surface area (Å²) in [6, 6.07) is 0.903. The van der Waals surface area contributed by atoms with Crippen molar-refractivity contribution in [3.8, 4) is 0 Å². The van der Waals surface area contributed by atoms with Gasteiger partial charge in [0.2, 0.25) is 0 Å². The Hall–Kier alpha value is -1.00. The highest BCUT2D eigenvalue weighted by Gasteiger charge is 2.25. The van der Waals surface area contributed by atoms with Gasteiger partial charge in [0, 0.05) is 5.69 Å². The van der Waals surface area contributed by atoms with Gasteiger partial charge in [0.15, 0.2) is 0 Å². The van der Waals surface area contributed by atoms with Crippen molar-refractivity contribution in [2.75, 3.05) is 0 Å². The van der Waals surface area contributed by atoms with Crippen LogP contribution >= 0.6 is 0 Å². The minimum absolute atomic E-state index is 0.285. The molecule has 1 aromatic rings. The first-order valence-electron chi connectivity index (χ1n) is 2.54. The number of rotatable bonds is 0. The molecule has 56 valence electrons. The van der Waals surface area contributed by atoms with E-state index < -0.39 is 11.9 Å². The first-order chi connectivity index (χ1) is 4.50. The third kappa shape index (κ3) is 1.29. The van der Waals surface area contributed by atoms with Crippen LogP contribution in [0, 0.1) is 6.92 Å². The van der Waals surface area contributed by atoms with Crippen LogP contribution in [-0.4, -0.2) is 5.10 Å². The zero-order chi connectivity index (χ0) is 7.78. The van der Waals surface area contributed by atoms with Crippen LogP contribution < -0.4 is 5.10 Å². The molecule has 0 aliphatic rings. The third-order valence-electron chi connectivity index (χ3n) is 0.952. The number of alkyl halides is 3. The summed E-state index contributed by atoms with van der Waals surface area (Å²) in [5.74, 6) is 0. The molecule has 0 saturated carbocycles. The second-order valence-corrected chi connectivity index (χ2v) is 1.87. The van der Waals surface area contributed by atoms with E-state index in [1.165, 1.54) is 6.92 Å². The molecule has 0 aliphatic carbocycles. The van der Waals surface area contributed by atoms with Crippen molar-refractivity contribution in [2.24, 2.45) is 0 Å². The molecule has 5 heteroatoms. The standard InChI is InChI=1S/C5H4F3N2/c1-3-2-4(10-9-3)5(6,7)8/h2H,1H3/q-1. The van der Waals surface area contributed by atoms with Gasteiger partial charge in [-0.25, -0.2) is 0 Å². The van der Waals surface area contributed by atoms with E-state index in [0.717, 1.165) is 6.07 Å². The average molecular weight is 149 g/mol. The number of nitrogens with zero attached hydrogens (tertiary/aromatic N) is 2. The van der Waals surface area contributed by atoms with E-state index >= 15 is 0 Å². The number of halogens is 3. The number of aryl methyl sites for hydroxylation is 1. The van der Waals surface area contributed by atoms with Gasteiger partial charge in [-0.05, 0) is 12.6 Å². The molecule has 0 fully saturated rings. The molecule has 0 aliphatic heterocycles. The largest absolute Gasteiger partial charge is 0.571 e. The molecule has 0 amide bonds. The van der Waals surface area contributed by atoms with Crippen molar-refractivity contribution in [1.82, 2.24) is 10.2 Å². The molecule has 0 radical (unpaired) electrons. The molecule has 0 bridgehead atoms. The maximum Gasteiger partial charge on any atom is 0.397 e. The Morgan fingerprint density at radius 2 is 2.10 bits per heavy atom. The van der Waals surface area contributed by atoms with Crippen LogP contribution in [0.2, 0.25) is 0 Å². The molecule has 0 N–H and O–H groups in total. The SMILES string of the molecule is Cc1cc(C(F)(F)F)[n-]n1. The molecule has 10 heavy (non-hydrogen) atoms. The molecule has 0 atom stereocenters. The predicted molar refractivity (Wildman–Crippen MR) is 27.3 cm³/mol. The van der Waals surface area contributed by atoms with Crippen LogP contribution in [0.3, 0.4) is 0 Å². The lowest BCUT2D eigenvalue weighted by Crippen LogP contribution is -2.06. The molecule has 2 nitrogen and oxygen atoms in total. The highest BCUT2D eigenvalue weighted by Crippen LogP contribution is 2.26. The van der Waals surface area contributed by atoms with Crippen LogP contribution in [-0.2, 0) is 6.18 Å². The summed E-state index contributed by atoms with van der Waals surface area (Å²) in [4.78, 5) is 0. The van der Waals surface area contributed by atoms with Crippen molar-refractivity contribution in [3.05, 3.63) is 17.5 Å². The zero-order valence-corrected chi connectivity index (χ0v) is 5.11. The normalized spacial score (nSPS) is 12.0. The van der Waals surface area contributed by atoms with Crippen LogP contribution in [0.4, 0.5) is 13.2 Å². The van der Waals surface area contributed by atoms with Gasteiger partial charge in [0.05, 0.1) is 0 Å². The fraction of sp³-hybridized carbons (Fsp3) is 0.400. The maximum absolute atomic E-state index is 11.7. The first-order valence-corrected chi connectivity index (χ1v) is 2.54. The quantitative estimate of drug-likeness (QED) is 0.557. The van der Waals surface area contributed by atoms with Crippen LogP contribution in [0.1, 0.15) is 11.4 Å². The Balaban J connectivity index is 2.96. The van der Waals surface area contributed by atoms with E-state index in [2.05, 4.69) is 10.2 Å². The highest BCUT2D eigenvalue weighted by molar-refractivity contribution is 5.09. The van der Waals surface area contributed by atoms with Gasteiger partial charge < -0.3 is 10.2 Å². The number of aromatic nitrogens is 2. The van der Waals surface area contributed by atoms with E-state index in [1.807, 2.05) is 0 Å². The molecule has 0 saturated heterocycles. The van der Waals surface area contributed by atoms with Crippen molar-refractivity contribution >= 4 is 0 Å². The second kappa shape index (κ2) is 2.00. The van der Waals surface area contributed by atoms with Gasteiger partial charge in [-0.15, -0.1) is 0 Å². The fourth-order valence-electron chi connectivity index (χ4n) is 0.527. The zero-order valence-electron chi connectivity index (χ0n) is 5.11. The lowest BCUT2D eigenvalue weighted by molar-refractivity contribution is -0.141. The maximum atomic E-state index is 11.7. The predicted octanol–water partition coefficient (Wildman–Crippen LogP) is 1.37. The Morgan fingerprint density at radius 1 is 1.50 bits per heavy atom. The minimum Gasteiger partial charge on any atom is -0.571 e. The monoisotopic (exact) mass is 149 g/mol. The van der Waals surface area contributed by atoms with E-state index in [-0.39, 0.29) is 5.69 Å². The molecule has 1 heterocycles. The second-order valence-electron chi connectivity index (χ2n) is 1.87. The Kier molecular flexibility index (Phi) is 1.42. The van der Waals surface area contributed by atoms with Crippen LogP contribution in [0.15, 0.2) is 6.07 Å². The van der Waals surface area contributed by atoms with Crippen molar-refractivity contribution in [1.29, 1.82) is 0 Å². The van der Waals surface area contributed by atoms with Crippen LogP contribution in [0.5, 0.6) is 0 Å². The van der Waals surface area contributed by atoms with E-state index in [0.29, 0.717) is 0 Å². The molecular formula is C5H4F3N2-. The van der Waals surface area contributed by atoms with Gasteiger partial charge in [-0.2, -0.15) is 13.2 Å². The topological polar surface area (TPSA) is 27.0 Å². The van der Waals surface area contributed by atoms with Crippen molar-refractivity contribution in [3.63, 3.8) is 0 Å². The highest BCUT2D eigenvalue weighted by atomic mass is 19.4. The van der Waals surface area contributed by atoms with Gasteiger partial charge in [-0.1, -0.05) is 6.07 Å². The molecular weight excluding hydrogens is 145 g/mol.